The quantitative estimate of drug-likeness (QED) is 0.300. The number of fused-ring (bicyclic) bond motifs is 1. The van der Waals surface area contributed by atoms with Gasteiger partial charge in [-0.3, -0.25) is 14.4 Å². The van der Waals surface area contributed by atoms with Crippen LogP contribution in [0.3, 0.4) is 0 Å². The lowest BCUT2D eigenvalue weighted by Crippen LogP contribution is -2.41. The van der Waals surface area contributed by atoms with Crippen molar-refractivity contribution < 1.29 is 22.0 Å². The molecule has 206 valence electrons. The number of aromatic nitrogens is 3. The first kappa shape index (κ1) is 27.4. The summed E-state index contributed by atoms with van der Waals surface area (Å²) < 4.78 is 58.3. The Labute approximate surface area is 229 Å². The summed E-state index contributed by atoms with van der Waals surface area (Å²) in [5, 5.41) is 4.65. The summed E-state index contributed by atoms with van der Waals surface area (Å²) in [6, 6.07) is 9.62. The second-order valence-corrected chi connectivity index (χ2v) is 12.7. The maximum absolute atomic E-state index is 14.4. The molecule has 0 radical (unpaired) electrons. The normalized spacial score (nSPS) is 16.6. The largest absolute Gasteiger partial charge is 0.282 e. The fraction of sp³-hybridized carbons (Fsp3) is 0.370. The standard InChI is InChI=1S/C27H29F2N5O3S2/c1-17-14-19(3)33(31-17)13-12-32(27-30-25-23(29)15-21(28)16-24(25)38-27)26(35)20-7-9-22(10-8-20)39(36,37)34-11-5-4-6-18(34)2/h7-10,14-16,18H,4-6,11-13H2,1-3H3. The maximum Gasteiger partial charge on any atom is 0.260 e. The van der Waals surface area contributed by atoms with Gasteiger partial charge in [0.25, 0.3) is 5.91 Å². The molecule has 12 heteroatoms. The Hall–Kier alpha value is -3.22. The van der Waals surface area contributed by atoms with E-state index in [1.807, 2.05) is 26.8 Å². The van der Waals surface area contributed by atoms with Crippen LogP contribution in [0.2, 0.25) is 0 Å². The Morgan fingerprint density at radius 3 is 2.54 bits per heavy atom. The number of hydrogen-bond acceptors (Lipinski definition) is 6. The number of piperidine rings is 1. The van der Waals surface area contributed by atoms with Crippen molar-refractivity contribution in [3.8, 4) is 0 Å². The molecule has 2 aromatic heterocycles. The van der Waals surface area contributed by atoms with E-state index in [9.17, 15) is 22.0 Å². The zero-order valence-corrected chi connectivity index (χ0v) is 23.5. The highest BCUT2D eigenvalue weighted by Crippen LogP contribution is 2.32. The van der Waals surface area contributed by atoms with Crippen molar-refractivity contribution in [2.45, 2.75) is 57.5 Å². The highest BCUT2D eigenvalue weighted by atomic mass is 32.2. The van der Waals surface area contributed by atoms with Gasteiger partial charge in [-0.15, -0.1) is 0 Å². The molecular weight excluding hydrogens is 544 g/mol. The third-order valence-electron chi connectivity index (χ3n) is 6.97. The molecular formula is C27H29F2N5O3S2. The molecule has 1 aliphatic rings. The molecule has 1 fully saturated rings. The number of anilines is 1. The van der Waals surface area contributed by atoms with E-state index in [0.717, 1.165) is 48.1 Å². The van der Waals surface area contributed by atoms with Crippen molar-refractivity contribution in [3.05, 3.63) is 71.1 Å². The molecule has 2 aromatic carbocycles. The van der Waals surface area contributed by atoms with Gasteiger partial charge >= 0.3 is 0 Å². The van der Waals surface area contributed by atoms with Crippen molar-refractivity contribution in [1.82, 2.24) is 19.1 Å². The van der Waals surface area contributed by atoms with E-state index >= 15 is 0 Å². The van der Waals surface area contributed by atoms with Crippen LogP contribution in [0, 0.1) is 25.5 Å². The zero-order valence-electron chi connectivity index (χ0n) is 21.9. The van der Waals surface area contributed by atoms with Crippen LogP contribution in [-0.2, 0) is 16.6 Å². The number of benzene rings is 2. The first-order valence-corrected chi connectivity index (χ1v) is 15.0. The average molecular weight is 574 g/mol. The van der Waals surface area contributed by atoms with Crippen molar-refractivity contribution in [1.29, 1.82) is 0 Å². The van der Waals surface area contributed by atoms with Crippen LogP contribution in [0.4, 0.5) is 13.9 Å². The summed E-state index contributed by atoms with van der Waals surface area (Å²) in [4.78, 5) is 19.6. The average Bonchev–Trinajstić information content (AvgIpc) is 3.46. The fourth-order valence-electron chi connectivity index (χ4n) is 4.93. The minimum atomic E-state index is -3.69. The van der Waals surface area contributed by atoms with Crippen LogP contribution in [0.5, 0.6) is 0 Å². The van der Waals surface area contributed by atoms with Gasteiger partial charge in [0.1, 0.15) is 11.3 Å². The second-order valence-electron chi connectivity index (χ2n) is 9.82. The first-order chi connectivity index (χ1) is 18.5. The van der Waals surface area contributed by atoms with Gasteiger partial charge in [-0.2, -0.15) is 9.40 Å². The number of amides is 1. The molecule has 0 spiro atoms. The van der Waals surface area contributed by atoms with Crippen molar-refractivity contribution in [2.75, 3.05) is 18.0 Å². The number of carbonyl (C=O) groups excluding carboxylic acids is 1. The van der Waals surface area contributed by atoms with Crippen LogP contribution in [0.15, 0.2) is 47.4 Å². The van der Waals surface area contributed by atoms with Gasteiger partial charge in [0.05, 0.1) is 21.8 Å². The number of rotatable bonds is 7. The third-order valence-corrected chi connectivity index (χ3v) is 10.0. The van der Waals surface area contributed by atoms with Gasteiger partial charge in [-0.05, 0) is 70.0 Å². The highest BCUT2D eigenvalue weighted by Gasteiger charge is 2.31. The molecule has 0 saturated carbocycles. The molecule has 3 heterocycles. The summed E-state index contributed by atoms with van der Waals surface area (Å²) in [6.45, 7) is 6.66. The molecule has 1 saturated heterocycles. The lowest BCUT2D eigenvalue weighted by Gasteiger charge is -2.32. The monoisotopic (exact) mass is 573 g/mol. The van der Waals surface area contributed by atoms with Crippen molar-refractivity contribution >= 4 is 42.6 Å². The Bertz CT molecular complexity index is 1630. The lowest BCUT2D eigenvalue weighted by atomic mass is 10.1. The number of aryl methyl sites for hydroxylation is 2. The smallest absolute Gasteiger partial charge is 0.260 e. The number of thiazole rings is 1. The predicted octanol–water partition coefficient (Wildman–Crippen LogP) is 5.30. The molecule has 5 rings (SSSR count). The highest BCUT2D eigenvalue weighted by molar-refractivity contribution is 7.89. The molecule has 4 aromatic rings. The Balaban J connectivity index is 1.46. The summed E-state index contributed by atoms with van der Waals surface area (Å²) in [7, 11) is -3.69. The van der Waals surface area contributed by atoms with Gasteiger partial charge in [-0.25, -0.2) is 22.2 Å². The van der Waals surface area contributed by atoms with Crippen LogP contribution < -0.4 is 4.90 Å². The fourth-order valence-corrected chi connectivity index (χ4v) is 7.66. The topological polar surface area (TPSA) is 88.4 Å². The van der Waals surface area contributed by atoms with Crippen LogP contribution >= 0.6 is 11.3 Å². The molecule has 39 heavy (non-hydrogen) atoms. The minimum Gasteiger partial charge on any atom is -0.282 e. The van der Waals surface area contributed by atoms with E-state index in [1.54, 1.807) is 4.68 Å². The number of sulfonamides is 1. The van der Waals surface area contributed by atoms with Gasteiger partial charge in [0.15, 0.2) is 10.9 Å². The van der Waals surface area contributed by atoms with Gasteiger partial charge < -0.3 is 0 Å². The zero-order chi connectivity index (χ0) is 27.9. The van der Waals surface area contributed by atoms with Crippen molar-refractivity contribution in [2.24, 2.45) is 0 Å². The summed E-state index contributed by atoms with van der Waals surface area (Å²) >= 11 is 1.01. The SMILES string of the molecule is Cc1cc(C)n(CCN(C(=O)c2ccc(S(=O)(=O)N3CCCCC3C)cc2)c2nc3c(F)cc(F)cc3s2)n1. The molecule has 1 atom stereocenters. The predicted molar refractivity (Wildman–Crippen MR) is 147 cm³/mol. The van der Waals surface area contributed by atoms with Gasteiger partial charge in [0, 0.05) is 36.5 Å². The van der Waals surface area contributed by atoms with Crippen LogP contribution in [0.25, 0.3) is 10.2 Å². The van der Waals surface area contributed by atoms with Crippen LogP contribution in [-0.4, -0.2) is 52.5 Å². The van der Waals surface area contributed by atoms with Crippen molar-refractivity contribution in [3.63, 3.8) is 0 Å². The third kappa shape index (κ3) is 5.45. The minimum absolute atomic E-state index is 0.0163. The van der Waals surface area contributed by atoms with E-state index < -0.39 is 27.6 Å². The van der Waals surface area contributed by atoms with E-state index in [4.69, 9.17) is 0 Å². The van der Waals surface area contributed by atoms with E-state index in [-0.39, 0.29) is 38.4 Å². The van der Waals surface area contributed by atoms with Crippen LogP contribution in [0.1, 0.15) is 47.9 Å². The molecule has 1 amide bonds. The number of hydrogen-bond donors (Lipinski definition) is 0. The number of carbonyl (C=O) groups is 1. The molecule has 0 bridgehead atoms. The molecule has 0 N–H and O–H groups in total. The Kier molecular flexibility index (Phi) is 7.53. The molecule has 1 unspecified atom stereocenters. The summed E-state index contributed by atoms with van der Waals surface area (Å²) in [6.07, 6.45) is 2.63. The summed E-state index contributed by atoms with van der Waals surface area (Å²) in [5.41, 5.74) is 1.99. The number of nitrogens with zero attached hydrogens (tertiary/aromatic N) is 5. The molecule has 0 aliphatic carbocycles. The van der Waals surface area contributed by atoms with E-state index in [2.05, 4.69) is 10.1 Å². The Morgan fingerprint density at radius 1 is 1.13 bits per heavy atom. The van der Waals surface area contributed by atoms with Gasteiger partial charge in [-0.1, -0.05) is 17.8 Å². The molecule has 1 aliphatic heterocycles. The lowest BCUT2D eigenvalue weighted by molar-refractivity contribution is 0.0985. The maximum atomic E-state index is 14.4. The second kappa shape index (κ2) is 10.7. The first-order valence-electron chi connectivity index (χ1n) is 12.7. The van der Waals surface area contributed by atoms with E-state index in [1.165, 1.54) is 39.5 Å². The Morgan fingerprint density at radius 2 is 1.87 bits per heavy atom. The van der Waals surface area contributed by atoms with Gasteiger partial charge in [0.2, 0.25) is 10.0 Å². The number of halogens is 2. The summed E-state index contributed by atoms with van der Waals surface area (Å²) in [5.74, 6) is -1.97. The van der Waals surface area contributed by atoms with E-state index in [0.29, 0.717) is 13.1 Å². The molecule has 8 nitrogen and oxygen atoms in total.